The van der Waals surface area contributed by atoms with E-state index in [4.69, 9.17) is 0 Å². The molecular formula is C15H16FNO2S. The van der Waals surface area contributed by atoms with Crippen molar-refractivity contribution >= 4 is 10.0 Å². The van der Waals surface area contributed by atoms with E-state index >= 15 is 0 Å². The first-order chi connectivity index (χ1) is 9.38. The number of hydrogen-bond donors (Lipinski definition) is 1. The molecule has 0 fully saturated rings. The number of sulfonamides is 1. The number of hydrogen-bond acceptors (Lipinski definition) is 2. The first-order valence-electron chi connectivity index (χ1n) is 6.20. The van der Waals surface area contributed by atoms with Crippen LogP contribution in [-0.2, 0) is 16.6 Å². The van der Waals surface area contributed by atoms with Crippen LogP contribution in [0.15, 0.2) is 47.4 Å². The second-order valence-electron chi connectivity index (χ2n) is 4.70. The quantitative estimate of drug-likeness (QED) is 0.942. The molecule has 106 valence electrons. The molecule has 0 aliphatic heterocycles. The Morgan fingerprint density at radius 3 is 2.25 bits per heavy atom. The lowest BCUT2D eigenvalue weighted by atomic mass is 10.1. The van der Waals surface area contributed by atoms with Crippen LogP contribution in [0.4, 0.5) is 4.39 Å². The third kappa shape index (κ3) is 3.43. The van der Waals surface area contributed by atoms with Crippen LogP contribution >= 0.6 is 0 Å². The molecule has 0 radical (unpaired) electrons. The standard InChI is InChI=1S/C15H16FNO2S/c1-11-3-8-15(9-12(11)2)20(18,19)17-10-13-4-6-14(16)7-5-13/h3-9,17H,10H2,1-2H3. The van der Waals surface area contributed by atoms with E-state index in [0.717, 1.165) is 11.1 Å². The van der Waals surface area contributed by atoms with Crippen LogP contribution in [0.3, 0.4) is 0 Å². The fourth-order valence-electron chi connectivity index (χ4n) is 1.75. The van der Waals surface area contributed by atoms with Crippen LogP contribution in [0.2, 0.25) is 0 Å². The molecule has 2 aromatic rings. The Morgan fingerprint density at radius 2 is 1.65 bits per heavy atom. The number of halogens is 1. The van der Waals surface area contributed by atoms with Crippen molar-refractivity contribution in [3.05, 3.63) is 65.0 Å². The number of rotatable bonds is 4. The van der Waals surface area contributed by atoms with E-state index in [1.165, 1.54) is 12.1 Å². The fourth-order valence-corrected chi connectivity index (χ4v) is 2.85. The molecule has 0 unspecified atom stereocenters. The molecule has 3 nitrogen and oxygen atoms in total. The molecule has 20 heavy (non-hydrogen) atoms. The normalized spacial score (nSPS) is 11.6. The van der Waals surface area contributed by atoms with E-state index in [2.05, 4.69) is 4.72 Å². The van der Waals surface area contributed by atoms with Crippen molar-refractivity contribution in [2.75, 3.05) is 0 Å². The predicted molar refractivity (Wildman–Crippen MR) is 76.3 cm³/mol. The molecule has 0 saturated heterocycles. The minimum Gasteiger partial charge on any atom is -0.207 e. The van der Waals surface area contributed by atoms with Crippen LogP contribution in [0.25, 0.3) is 0 Å². The maximum Gasteiger partial charge on any atom is 0.240 e. The summed E-state index contributed by atoms with van der Waals surface area (Å²) in [5, 5.41) is 0. The van der Waals surface area contributed by atoms with E-state index < -0.39 is 10.0 Å². The fraction of sp³-hybridized carbons (Fsp3) is 0.200. The van der Waals surface area contributed by atoms with E-state index in [1.54, 1.807) is 30.3 Å². The van der Waals surface area contributed by atoms with Crippen molar-refractivity contribution < 1.29 is 12.8 Å². The topological polar surface area (TPSA) is 46.2 Å². The SMILES string of the molecule is Cc1ccc(S(=O)(=O)NCc2ccc(F)cc2)cc1C. The molecule has 0 bridgehead atoms. The maximum absolute atomic E-state index is 12.8. The van der Waals surface area contributed by atoms with Gasteiger partial charge in [0.2, 0.25) is 10.0 Å². The van der Waals surface area contributed by atoms with Crippen LogP contribution in [-0.4, -0.2) is 8.42 Å². The predicted octanol–water partition coefficient (Wildman–Crippen LogP) is 2.92. The van der Waals surface area contributed by atoms with Crippen molar-refractivity contribution in [3.63, 3.8) is 0 Å². The second-order valence-corrected chi connectivity index (χ2v) is 6.46. The van der Waals surface area contributed by atoms with Gasteiger partial charge in [-0.3, -0.25) is 0 Å². The van der Waals surface area contributed by atoms with Gasteiger partial charge in [-0.05, 0) is 54.8 Å². The van der Waals surface area contributed by atoms with Crippen LogP contribution in [0.5, 0.6) is 0 Å². The van der Waals surface area contributed by atoms with Gasteiger partial charge < -0.3 is 0 Å². The highest BCUT2D eigenvalue weighted by Crippen LogP contribution is 2.15. The molecule has 5 heteroatoms. The van der Waals surface area contributed by atoms with E-state index in [0.29, 0.717) is 5.56 Å². The van der Waals surface area contributed by atoms with E-state index in [-0.39, 0.29) is 17.3 Å². The Kier molecular flexibility index (Phi) is 4.20. The third-order valence-electron chi connectivity index (χ3n) is 3.17. The van der Waals surface area contributed by atoms with Crippen molar-refractivity contribution in [3.8, 4) is 0 Å². The van der Waals surface area contributed by atoms with Gasteiger partial charge in [-0.1, -0.05) is 18.2 Å². The lowest BCUT2D eigenvalue weighted by molar-refractivity contribution is 0.581. The highest BCUT2D eigenvalue weighted by atomic mass is 32.2. The molecule has 0 spiro atoms. The summed E-state index contributed by atoms with van der Waals surface area (Å²) in [6, 6.07) is 10.7. The number of nitrogens with one attached hydrogen (secondary N) is 1. The van der Waals surface area contributed by atoms with Gasteiger partial charge >= 0.3 is 0 Å². The lowest BCUT2D eigenvalue weighted by Gasteiger charge is -2.08. The van der Waals surface area contributed by atoms with Gasteiger partial charge in [-0.2, -0.15) is 0 Å². The summed E-state index contributed by atoms with van der Waals surface area (Å²) in [5.74, 6) is -0.342. The second kappa shape index (κ2) is 5.73. The first-order valence-corrected chi connectivity index (χ1v) is 7.68. The minimum absolute atomic E-state index is 0.134. The zero-order valence-electron chi connectivity index (χ0n) is 11.4. The summed E-state index contributed by atoms with van der Waals surface area (Å²) in [6.07, 6.45) is 0. The summed E-state index contributed by atoms with van der Waals surface area (Å²) in [4.78, 5) is 0.239. The molecule has 0 aliphatic carbocycles. The van der Waals surface area contributed by atoms with Crippen LogP contribution < -0.4 is 4.72 Å². The van der Waals surface area contributed by atoms with Crippen LogP contribution in [0.1, 0.15) is 16.7 Å². The van der Waals surface area contributed by atoms with Gasteiger partial charge in [0, 0.05) is 6.54 Å². The van der Waals surface area contributed by atoms with Crippen molar-refractivity contribution in [2.24, 2.45) is 0 Å². The number of aryl methyl sites for hydroxylation is 2. The zero-order valence-corrected chi connectivity index (χ0v) is 12.2. The lowest BCUT2D eigenvalue weighted by Crippen LogP contribution is -2.23. The van der Waals surface area contributed by atoms with Crippen molar-refractivity contribution in [1.29, 1.82) is 0 Å². The van der Waals surface area contributed by atoms with Gasteiger partial charge in [0.25, 0.3) is 0 Å². The Labute approximate surface area is 118 Å². The van der Waals surface area contributed by atoms with E-state index in [1.807, 2.05) is 13.8 Å². The Morgan fingerprint density at radius 1 is 1.00 bits per heavy atom. The highest BCUT2D eigenvalue weighted by Gasteiger charge is 2.14. The molecule has 0 saturated carbocycles. The summed E-state index contributed by atoms with van der Waals surface area (Å²) < 4.78 is 39.6. The molecule has 2 aromatic carbocycles. The summed E-state index contributed by atoms with van der Waals surface area (Å²) in [7, 11) is -3.55. The third-order valence-corrected chi connectivity index (χ3v) is 4.57. The van der Waals surface area contributed by atoms with Crippen LogP contribution in [0, 0.1) is 19.7 Å². The molecule has 0 aliphatic rings. The molecule has 1 N–H and O–H groups in total. The van der Waals surface area contributed by atoms with Gasteiger partial charge in [0.15, 0.2) is 0 Å². The van der Waals surface area contributed by atoms with Crippen molar-refractivity contribution in [2.45, 2.75) is 25.3 Å². The average molecular weight is 293 g/mol. The van der Waals surface area contributed by atoms with Gasteiger partial charge in [-0.25, -0.2) is 17.5 Å². The van der Waals surface area contributed by atoms with Gasteiger partial charge in [-0.15, -0.1) is 0 Å². The Balaban J connectivity index is 2.14. The summed E-state index contributed by atoms with van der Waals surface area (Å²) in [5.41, 5.74) is 2.68. The van der Waals surface area contributed by atoms with Gasteiger partial charge in [0.1, 0.15) is 5.82 Å². The summed E-state index contributed by atoms with van der Waals surface area (Å²) in [6.45, 7) is 3.93. The molecule has 0 atom stereocenters. The molecular weight excluding hydrogens is 277 g/mol. The first kappa shape index (κ1) is 14.7. The maximum atomic E-state index is 12.8. The molecule has 0 aromatic heterocycles. The Bertz CT molecular complexity index is 709. The highest BCUT2D eigenvalue weighted by molar-refractivity contribution is 7.89. The molecule has 0 amide bonds. The zero-order chi connectivity index (χ0) is 14.8. The van der Waals surface area contributed by atoms with E-state index in [9.17, 15) is 12.8 Å². The molecule has 2 rings (SSSR count). The monoisotopic (exact) mass is 293 g/mol. The largest absolute Gasteiger partial charge is 0.240 e. The van der Waals surface area contributed by atoms with Gasteiger partial charge in [0.05, 0.1) is 4.90 Å². The average Bonchev–Trinajstić information content (AvgIpc) is 2.41. The van der Waals surface area contributed by atoms with Crippen molar-refractivity contribution in [1.82, 2.24) is 4.72 Å². The smallest absolute Gasteiger partial charge is 0.207 e. The molecule has 0 heterocycles. The minimum atomic E-state index is -3.55. The Hall–Kier alpha value is -1.72. The number of benzene rings is 2. The summed E-state index contributed by atoms with van der Waals surface area (Å²) >= 11 is 0.